The smallest absolute Gasteiger partial charge is 0.234 e. The van der Waals surface area contributed by atoms with Gasteiger partial charge in [-0.2, -0.15) is 0 Å². The van der Waals surface area contributed by atoms with Crippen molar-refractivity contribution >= 4 is 17.7 Å². The van der Waals surface area contributed by atoms with Crippen molar-refractivity contribution in [1.82, 2.24) is 4.42 Å². The molecule has 1 aromatic carbocycles. The van der Waals surface area contributed by atoms with Gasteiger partial charge in [0.1, 0.15) is 11.6 Å². The highest BCUT2D eigenvalue weighted by Crippen LogP contribution is 2.15. The van der Waals surface area contributed by atoms with Crippen molar-refractivity contribution in [3.63, 3.8) is 0 Å². The predicted octanol–water partition coefficient (Wildman–Crippen LogP) is 2.47. The summed E-state index contributed by atoms with van der Waals surface area (Å²) in [5.41, 5.74) is -0.210. The molecule has 0 N–H and O–H groups in total. The molecule has 0 heterocycles. The number of halogens is 3. The minimum absolute atomic E-state index is 0.210. The maximum Gasteiger partial charge on any atom is 0.234 e. The number of benzene rings is 1. The first-order valence-electron chi connectivity index (χ1n) is 3.89. The van der Waals surface area contributed by atoms with Gasteiger partial charge in [0.2, 0.25) is 5.91 Å². The molecule has 0 unspecified atom stereocenters. The third kappa shape index (κ3) is 2.42. The van der Waals surface area contributed by atoms with Crippen LogP contribution in [0.1, 0.15) is 12.5 Å². The van der Waals surface area contributed by atoms with E-state index >= 15 is 0 Å². The van der Waals surface area contributed by atoms with Gasteiger partial charge < -0.3 is 0 Å². The van der Waals surface area contributed by atoms with Crippen molar-refractivity contribution in [3.05, 3.63) is 35.4 Å². The number of amides is 1. The van der Waals surface area contributed by atoms with Crippen LogP contribution < -0.4 is 0 Å². The van der Waals surface area contributed by atoms with Crippen LogP contribution in [-0.2, 0) is 11.3 Å². The molecule has 0 spiro atoms. The molecular weight excluding hydrogens is 212 g/mol. The van der Waals surface area contributed by atoms with Gasteiger partial charge in [0.25, 0.3) is 0 Å². The Hall–Kier alpha value is -1.16. The second-order valence-corrected chi connectivity index (χ2v) is 3.15. The lowest BCUT2D eigenvalue weighted by Gasteiger charge is -2.12. The molecule has 0 saturated heterocycles. The molecule has 1 amide bonds. The maximum atomic E-state index is 13.0. The van der Waals surface area contributed by atoms with Crippen LogP contribution in [0.25, 0.3) is 0 Å². The molecule has 0 bridgehead atoms. The molecule has 0 aliphatic heterocycles. The zero-order chi connectivity index (χ0) is 10.7. The largest absolute Gasteiger partial charge is 0.274 e. The fourth-order valence-electron chi connectivity index (χ4n) is 0.934. The molecule has 1 rings (SSSR count). The number of carbonyl (C=O) groups excluding carboxylic acids is 1. The number of rotatable bonds is 2. The van der Waals surface area contributed by atoms with Gasteiger partial charge in [-0.15, -0.1) is 0 Å². The molecule has 76 valence electrons. The lowest BCUT2D eigenvalue weighted by molar-refractivity contribution is -0.124. The molecule has 5 heteroatoms. The fourth-order valence-corrected chi connectivity index (χ4v) is 1.05. The summed E-state index contributed by atoms with van der Waals surface area (Å²) in [7, 11) is 0. The van der Waals surface area contributed by atoms with Crippen molar-refractivity contribution in [1.29, 1.82) is 0 Å². The Kier molecular flexibility index (Phi) is 3.41. The van der Waals surface area contributed by atoms with Crippen LogP contribution >= 0.6 is 11.8 Å². The Morgan fingerprint density at radius 1 is 1.43 bits per heavy atom. The Labute approximate surface area is 85.2 Å². The number of hydrogen-bond acceptors (Lipinski definition) is 1. The van der Waals surface area contributed by atoms with Crippen molar-refractivity contribution in [2.24, 2.45) is 0 Å². The first-order valence-corrected chi connectivity index (χ1v) is 4.23. The van der Waals surface area contributed by atoms with E-state index in [4.69, 9.17) is 11.8 Å². The van der Waals surface area contributed by atoms with Gasteiger partial charge in [-0.05, 0) is 12.1 Å². The molecular formula is C9H8ClF2NO. The van der Waals surface area contributed by atoms with Crippen LogP contribution in [0, 0.1) is 11.6 Å². The van der Waals surface area contributed by atoms with Crippen molar-refractivity contribution in [2.75, 3.05) is 0 Å². The van der Waals surface area contributed by atoms with Crippen LogP contribution in [0.4, 0.5) is 8.78 Å². The summed E-state index contributed by atoms with van der Waals surface area (Å²) in [6.45, 7) is 0.932. The van der Waals surface area contributed by atoms with E-state index in [1.54, 1.807) is 0 Å². The molecule has 2 nitrogen and oxygen atoms in total. The van der Waals surface area contributed by atoms with Crippen LogP contribution in [0.5, 0.6) is 0 Å². The van der Waals surface area contributed by atoms with E-state index < -0.39 is 17.5 Å². The summed E-state index contributed by atoms with van der Waals surface area (Å²) >= 11 is 5.44. The highest BCUT2D eigenvalue weighted by Gasteiger charge is 2.13. The zero-order valence-corrected chi connectivity index (χ0v) is 8.18. The second kappa shape index (κ2) is 4.37. The predicted molar refractivity (Wildman–Crippen MR) is 48.4 cm³/mol. The van der Waals surface area contributed by atoms with Crippen molar-refractivity contribution in [3.8, 4) is 0 Å². The van der Waals surface area contributed by atoms with Crippen LogP contribution in [0.15, 0.2) is 18.2 Å². The maximum absolute atomic E-state index is 13.0. The monoisotopic (exact) mass is 219 g/mol. The van der Waals surface area contributed by atoms with Crippen molar-refractivity contribution in [2.45, 2.75) is 13.5 Å². The molecule has 0 saturated carbocycles. The molecule has 0 radical (unpaired) electrons. The van der Waals surface area contributed by atoms with Crippen LogP contribution in [0.2, 0.25) is 0 Å². The topological polar surface area (TPSA) is 20.3 Å². The van der Waals surface area contributed by atoms with Gasteiger partial charge in [0, 0.05) is 24.3 Å². The Morgan fingerprint density at radius 3 is 2.36 bits per heavy atom. The molecule has 1 aromatic rings. The number of hydrogen-bond donors (Lipinski definition) is 0. The van der Waals surface area contributed by atoms with Crippen LogP contribution in [0.3, 0.4) is 0 Å². The highest BCUT2D eigenvalue weighted by molar-refractivity contribution is 6.20. The minimum atomic E-state index is -0.711. The summed E-state index contributed by atoms with van der Waals surface area (Å²) in [4.78, 5) is 10.7. The molecule has 0 aliphatic rings. The quantitative estimate of drug-likeness (QED) is 0.700. The lowest BCUT2D eigenvalue weighted by atomic mass is 10.2. The minimum Gasteiger partial charge on any atom is -0.274 e. The Morgan fingerprint density at radius 2 is 1.93 bits per heavy atom. The molecule has 14 heavy (non-hydrogen) atoms. The Balaban J connectivity index is 2.91. The van der Waals surface area contributed by atoms with E-state index in [1.165, 1.54) is 13.0 Å². The summed E-state index contributed by atoms with van der Waals surface area (Å²) in [5, 5.41) is 0. The van der Waals surface area contributed by atoms with Gasteiger partial charge >= 0.3 is 0 Å². The normalized spacial score (nSPS) is 10.0. The number of carbonyl (C=O) groups is 1. The van der Waals surface area contributed by atoms with Gasteiger partial charge in [0.15, 0.2) is 0 Å². The molecule has 0 fully saturated rings. The summed E-state index contributed by atoms with van der Waals surface area (Å²) in [6, 6.07) is 3.48. The van der Waals surface area contributed by atoms with Crippen LogP contribution in [-0.4, -0.2) is 10.3 Å². The third-order valence-electron chi connectivity index (χ3n) is 1.70. The fraction of sp³-hybridized carbons (Fsp3) is 0.222. The lowest BCUT2D eigenvalue weighted by Crippen LogP contribution is -2.18. The second-order valence-electron chi connectivity index (χ2n) is 2.74. The molecule has 0 atom stereocenters. The molecule has 0 aromatic heterocycles. The third-order valence-corrected chi connectivity index (χ3v) is 2.06. The SMILES string of the molecule is CC(=O)N(Cl)Cc1c(F)cccc1F. The van der Waals surface area contributed by atoms with E-state index in [9.17, 15) is 13.6 Å². The summed E-state index contributed by atoms with van der Waals surface area (Å²) in [6.07, 6.45) is 0. The first-order chi connectivity index (χ1) is 6.52. The standard InChI is InChI=1S/C9H8ClF2NO/c1-6(14)13(10)5-7-8(11)3-2-4-9(7)12/h2-4H,5H2,1H3. The Bertz CT molecular complexity index is 336. The van der Waals surface area contributed by atoms with E-state index in [0.29, 0.717) is 0 Å². The van der Waals surface area contributed by atoms with Crippen molar-refractivity contribution < 1.29 is 13.6 Å². The summed E-state index contributed by atoms with van der Waals surface area (Å²) < 4.78 is 26.8. The zero-order valence-electron chi connectivity index (χ0n) is 7.43. The van der Waals surface area contributed by atoms with Gasteiger partial charge in [-0.1, -0.05) is 6.07 Å². The number of nitrogens with zero attached hydrogens (tertiary/aromatic N) is 1. The van der Waals surface area contributed by atoms with E-state index in [1.807, 2.05) is 0 Å². The summed E-state index contributed by atoms with van der Waals surface area (Å²) in [5.74, 6) is -1.89. The highest BCUT2D eigenvalue weighted by atomic mass is 35.5. The average Bonchev–Trinajstić information content (AvgIpc) is 2.11. The average molecular weight is 220 g/mol. The molecule has 0 aliphatic carbocycles. The van der Waals surface area contributed by atoms with Gasteiger partial charge in [0.05, 0.1) is 6.54 Å². The van der Waals surface area contributed by atoms with Gasteiger partial charge in [-0.25, -0.2) is 8.78 Å². The van der Waals surface area contributed by atoms with Gasteiger partial charge in [-0.3, -0.25) is 9.21 Å². The van der Waals surface area contributed by atoms with E-state index in [-0.39, 0.29) is 12.1 Å². The van der Waals surface area contributed by atoms with E-state index in [0.717, 1.165) is 16.6 Å². The van der Waals surface area contributed by atoms with E-state index in [2.05, 4.69) is 0 Å². The first kappa shape index (κ1) is 10.9.